The third-order valence-corrected chi connectivity index (χ3v) is 4.94. The second-order valence-electron chi connectivity index (χ2n) is 4.66. The highest BCUT2D eigenvalue weighted by Crippen LogP contribution is 2.26. The minimum absolute atomic E-state index is 0.0987. The van der Waals surface area contributed by atoms with Crippen LogP contribution in [0.2, 0.25) is 0 Å². The van der Waals surface area contributed by atoms with Crippen LogP contribution in [0.5, 0.6) is 0 Å². The number of carbonyl (C=O) groups excluding carboxylic acids is 1. The summed E-state index contributed by atoms with van der Waals surface area (Å²) in [6.07, 6.45) is 4.05. The fraction of sp³-hybridized carbons (Fsp3) is 0.615. The summed E-state index contributed by atoms with van der Waals surface area (Å²) in [7, 11) is 1.46. The molecule has 5 heteroatoms. The zero-order valence-corrected chi connectivity index (χ0v) is 12.9. The van der Waals surface area contributed by atoms with Crippen molar-refractivity contribution in [2.24, 2.45) is 0 Å². The summed E-state index contributed by atoms with van der Waals surface area (Å²) < 4.78 is 5.95. The molecule has 1 aliphatic rings. The smallest absolute Gasteiger partial charge is 0.307 e. The van der Waals surface area contributed by atoms with Gasteiger partial charge in [-0.15, -0.1) is 11.3 Å². The molecule has 1 aromatic rings. The number of piperidine rings is 1. The first-order valence-corrected chi connectivity index (χ1v) is 7.90. The molecule has 0 radical (unpaired) electrons. The Hall–Kier alpha value is -0.390. The van der Waals surface area contributed by atoms with Crippen LogP contribution in [0.1, 0.15) is 31.2 Å². The third kappa shape index (κ3) is 3.80. The Kier molecular flexibility index (Phi) is 5.21. The van der Waals surface area contributed by atoms with E-state index in [1.54, 1.807) is 11.3 Å². The zero-order chi connectivity index (χ0) is 13.0. The molecule has 0 amide bonds. The molecule has 18 heavy (non-hydrogen) atoms. The summed E-state index contributed by atoms with van der Waals surface area (Å²) in [4.78, 5) is 13.8. The summed E-state index contributed by atoms with van der Waals surface area (Å²) in [5.74, 6) is -0.0987. The average Bonchev–Trinajstić information content (AvgIpc) is 2.77. The number of rotatable bonds is 4. The van der Waals surface area contributed by atoms with Crippen molar-refractivity contribution in [3.63, 3.8) is 0 Å². The summed E-state index contributed by atoms with van der Waals surface area (Å²) >= 11 is 5.20. The first kappa shape index (κ1) is 14.0. The molecule has 1 saturated heterocycles. The Morgan fingerprint density at radius 2 is 2.44 bits per heavy atom. The Morgan fingerprint density at radius 3 is 3.11 bits per heavy atom. The Balaban J connectivity index is 1.96. The van der Waals surface area contributed by atoms with Crippen molar-refractivity contribution in [2.45, 2.75) is 38.3 Å². The molecule has 0 spiro atoms. The Morgan fingerprint density at radius 1 is 1.61 bits per heavy atom. The molecule has 1 aliphatic heterocycles. The van der Waals surface area contributed by atoms with Gasteiger partial charge in [0, 0.05) is 12.6 Å². The maximum atomic E-state index is 11.4. The van der Waals surface area contributed by atoms with Crippen LogP contribution in [-0.4, -0.2) is 30.6 Å². The predicted molar refractivity (Wildman–Crippen MR) is 76.7 cm³/mol. The van der Waals surface area contributed by atoms with Crippen LogP contribution >= 0.6 is 27.3 Å². The van der Waals surface area contributed by atoms with Gasteiger partial charge >= 0.3 is 5.97 Å². The SMILES string of the molecule is COC(=O)CC1CCCCN1Cc1csc(Br)c1. The standard InChI is InChI=1S/C13H18BrNO2S/c1-17-13(16)7-11-4-2-3-5-15(11)8-10-6-12(14)18-9-10/h6,9,11H,2-5,7-8H2,1H3. The maximum absolute atomic E-state index is 11.4. The normalized spacial score (nSPS) is 20.9. The van der Waals surface area contributed by atoms with Crippen LogP contribution in [0, 0.1) is 0 Å². The molecule has 0 saturated carbocycles. The first-order chi connectivity index (χ1) is 8.69. The molecule has 0 aliphatic carbocycles. The van der Waals surface area contributed by atoms with Crippen molar-refractivity contribution in [1.29, 1.82) is 0 Å². The Labute approximate surface area is 120 Å². The van der Waals surface area contributed by atoms with Gasteiger partial charge in [0.1, 0.15) is 0 Å². The van der Waals surface area contributed by atoms with Crippen molar-refractivity contribution in [1.82, 2.24) is 4.90 Å². The number of thiophene rings is 1. The van der Waals surface area contributed by atoms with Gasteiger partial charge in [0.15, 0.2) is 0 Å². The Bertz CT molecular complexity index is 407. The highest BCUT2D eigenvalue weighted by molar-refractivity contribution is 9.11. The van der Waals surface area contributed by atoms with E-state index in [9.17, 15) is 4.79 Å². The third-order valence-electron chi connectivity index (χ3n) is 3.39. The average molecular weight is 332 g/mol. The maximum Gasteiger partial charge on any atom is 0.307 e. The number of esters is 1. The molecule has 0 bridgehead atoms. The summed E-state index contributed by atoms with van der Waals surface area (Å²) in [6.45, 7) is 2.01. The van der Waals surface area contributed by atoms with Gasteiger partial charge in [-0.3, -0.25) is 9.69 Å². The second-order valence-corrected chi connectivity index (χ2v) is 6.95. The number of likely N-dealkylation sites (tertiary alicyclic amines) is 1. The van der Waals surface area contributed by atoms with Crippen molar-refractivity contribution < 1.29 is 9.53 Å². The minimum atomic E-state index is -0.0987. The van der Waals surface area contributed by atoms with E-state index in [1.165, 1.54) is 29.3 Å². The first-order valence-electron chi connectivity index (χ1n) is 6.23. The van der Waals surface area contributed by atoms with E-state index in [4.69, 9.17) is 4.74 Å². The van der Waals surface area contributed by atoms with Crippen molar-refractivity contribution in [2.75, 3.05) is 13.7 Å². The van der Waals surface area contributed by atoms with Crippen LogP contribution in [0.3, 0.4) is 0 Å². The van der Waals surface area contributed by atoms with E-state index in [-0.39, 0.29) is 5.97 Å². The van der Waals surface area contributed by atoms with Gasteiger partial charge in [-0.2, -0.15) is 0 Å². The van der Waals surface area contributed by atoms with Crippen LogP contribution in [0.25, 0.3) is 0 Å². The number of ether oxygens (including phenoxy) is 1. The lowest BCUT2D eigenvalue weighted by Gasteiger charge is -2.34. The van der Waals surface area contributed by atoms with E-state index in [1.807, 2.05) is 0 Å². The second kappa shape index (κ2) is 6.68. The van der Waals surface area contributed by atoms with E-state index in [0.29, 0.717) is 12.5 Å². The van der Waals surface area contributed by atoms with Crippen LogP contribution < -0.4 is 0 Å². The van der Waals surface area contributed by atoms with Gasteiger partial charge in [0.2, 0.25) is 0 Å². The van der Waals surface area contributed by atoms with Gasteiger partial charge in [0.25, 0.3) is 0 Å². The van der Waals surface area contributed by atoms with Gasteiger partial charge < -0.3 is 4.74 Å². The minimum Gasteiger partial charge on any atom is -0.469 e. The topological polar surface area (TPSA) is 29.5 Å². The number of hydrogen-bond acceptors (Lipinski definition) is 4. The van der Waals surface area contributed by atoms with Gasteiger partial charge in [0.05, 0.1) is 17.3 Å². The van der Waals surface area contributed by atoms with Crippen molar-refractivity contribution in [3.05, 3.63) is 20.8 Å². The van der Waals surface area contributed by atoms with Gasteiger partial charge in [-0.05, 0) is 52.3 Å². The number of nitrogens with zero attached hydrogens (tertiary/aromatic N) is 1. The largest absolute Gasteiger partial charge is 0.469 e. The molecule has 0 N–H and O–H groups in total. The molecule has 1 unspecified atom stereocenters. The summed E-state index contributed by atoms with van der Waals surface area (Å²) in [6, 6.07) is 2.50. The molecular weight excluding hydrogens is 314 g/mol. The molecule has 100 valence electrons. The molecule has 3 nitrogen and oxygen atoms in total. The van der Waals surface area contributed by atoms with Crippen molar-refractivity contribution in [3.8, 4) is 0 Å². The molecule has 2 heterocycles. The van der Waals surface area contributed by atoms with Crippen LogP contribution in [0.15, 0.2) is 15.2 Å². The van der Waals surface area contributed by atoms with Crippen molar-refractivity contribution >= 4 is 33.2 Å². The molecular formula is C13H18BrNO2S. The molecule has 1 atom stereocenters. The van der Waals surface area contributed by atoms with Gasteiger partial charge in [-0.1, -0.05) is 6.42 Å². The molecule has 1 aromatic heterocycles. The highest BCUT2D eigenvalue weighted by Gasteiger charge is 2.25. The number of halogens is 1. The van der Waals surface area contributed by atoms with E-state index in [2.05, 4.69) is 32.3 Å². The number of hydrogen-bond donors (Lipinski definition) is 0. The quantitative estimate of drug-likeness (QED) is 0.791. The lowest BCUT2D eigenvalue weighted by atomic mass is 9.99. The monoisotopic (exact) mass is 331 g/mol. The fourth-order valence-corrected chi connectivity index (χ4v) is 3.64. The lowest BCUT2D eigenvalue weighted by molar-refractivity contribution is -0.142. The highest BCUT2D eigenvalue weighted by atomic mass is 79.9. The van der Waals surface area contributed by atoms with E-state index >= 15 is 0 Å². The fourth-order valence-electron chi connectivity index (χ4n) is 2.44. The van der Waals surface area contributed by atoms with E-state index in [0.717, 1.165) is 19.5 Å². The van der Waals surface area contributed by atoms with E-state index < -0.39 is 0 Å². The predicted octanol–water partition coefficient (Wildman–Crippen LogP) is 3.43. The van der Waals surface area contributed by atoms with Crippen LogP contribution in [0.4, 0.5) is 0 Å². The number of methoxy groups -OCH3 is 1. The molecule has 0 aromatic carbocycles. The lowest BCUT2D eigenvalue weighted by Crippen LogP contribution is -2.40. The number of carbonyl (C=O) groups is 1. The van der Waals surface area contributed by atoms with Gasteiger partial charge in [-0.25, -0.2) is 0 Å². The summed E-state index contributed by atoms with van der Waals surface area (Å²) in [5, 5.41) is 2.17. The molecule has 1 fully saturated rings. The summed E-state index contributed by atoms with van der Waals surface area (Å²) in [5.41, 5.74) is 1.32. The molecule has 2 rings (SSSR count). The van der Waals surface area contributed by atoms with Crippen LogP contribution in [-0.2, 0) is 16.1 Å². The zero-order valence-electron chi connectivity index (χ0n) is 10.5.